The van der Waals surface area contributed by atoms with E-state index in [0.717, 1.165) is 11.1 Å². The fourth-order valence-corrected chi connectivity index (χ4v) is 16.5. The molecule has 1 aromatic heterocycles. The van der Waals surface area contributed by atoms with Gasteiger partial charge in [-0.05, 0) is 119 Å². The number of nitrogens with zero attached hydrogens (tertiary/aromatic N) is 6. The summed E-state index contributed by atoms with van der Waals surface area (Å²) in [6.07, 6.45) is -4.47. The second-order valence-corrected chi connectivity index (χ2v) is 28.4. The number of aryl methyl sites for hydroxylation is 2. The van der Waals surface area contributed by atoms with Gasteiger partial charge in [0, 0.05) is 108 Å². The Morgan fingerprint density at radius 2 is 1.37 bits per heavy atom. The van der Waals surface area contributed by atoms with Gasteiger partial charge in [0.2, 0.25) is 41.4 Å². The van der Waals surface area contributed by atoms with Gasteiger partial charge in [-0.3, -0.25) is 57.6 Å². The summed E-state index contributed by atoms with van der Waals surface area (Å²) in [4.78, 5) is 125. The molecule has 8 rings (SSSR count). The predicted octanol–water partition coefficient (Wildman–Crippen LogP) is 3.12. The number of hydrogen-bond acceptors (Lipinski definition) is 17. The zero-order chi connectivity index (χ0) is 66.7. The quantitative estimate of drug-likeness (QED) is 0.0605. The molecule has 7 amide bonds. The Morgan fingerprint density at radius 3 is 1.95 bits per heavy atom. The normalized spacial score (nSPS) is 33.5. The minimum absolute atomic E-state index is 0. The van der Waals surface area contributed by atoms with Gasteiger partial charge in [-0.15, -0.1) is 0 Å². The van der Waals surface area contributed by atoms with Crippen LogP contribution in [-0.4, -0.2) is 138 Å². The Labute approximate surface area is 545 Å². The molecule has 0 aliphatic carbocycles. The first-order valence-corrected chi connectivity index (χ1v) is 32.0. The van der Waals surface area contributed by atoms with Crippen molar-refractivity contribution < 1.29 is 89.3 Å². The van der Waals surface area contributed by atoms with Gasteiger partial charge in [-0.1, -0.05) is 40.7 Å². The van der Waals surface area contributed by atoms with E-state index in [2.05, 4.69) is 10.3 Å². The number of carbonyl (C=O) groups is 7. The third-order valence-electron chi connectivity index (χ3n) is 20.5. The van der Waals surface area contributed by atoms with Crippen LogP contribution in [0.4, 0.5) is 0 Å². The van der Waals surface area contributed by atoms with Crippen molar-refractivity contribution >= 4 is 77.3 Å². The SMILES string of the molecule is C/C1=C2/[N-]C([C@H](CC(N)=O)[C@@]2(C)CCC(=O)NCC(C)OP(=O)(O)OC2C(O)[C@@H](n3cnc4cc(C)c(C)cc43)O[C@H]2CO)[C@]2(C)N=C(/C(C)=C3N=C(/C=C4N=C1[C@@H](CCC(N)=O)C\4(C)C)[C@@H](CCC(N)=O)[C@]\3(C)CC(N)=O)[C@@H](CCC(N)=O)[C@]2(C)CC(N)=O.O.[Co+3]. The molecule has 2 saturated heterocycles. The van der Waals surface area contributed by atoms with Gasteiger partial charge in [0.25, 0.3) is 0 Å². The van der Waals surface area contributed by atoms with Gasteiger partial charge in [-0.2, -0.15) is 5.70 Å². The number of benzene rings is 1. The number of carbonyl (C=O) groups excluding carboxylic acids is 7. The largest absolute Gasteiger partial charge is 3.00 e. The van der Waals surface area contributed by atoms with Crippen LogP contribution in [0.1, 0.15) is 150 Å². The van der Waals surface area contributed by atoms with Crippen molar-refractivity contribution in [3.05, 3.63) is 69.2 Å². The first kappa shape index (κ1) is 74.5. The Bertz CT molecular complexity index is 3550. The number of aliphatic hydroxyl groups is 2. The second-order valence-electron chi connectivity index (χ2n) is 27.0. The molecule has 506 valence electrons. The monoisotopic (exact) mass is 1350 g/mol. The van der Waals surface area contributed by atoms with Crippen molar-refractivity contribution in [1.29, 1.82) is 0 Å². The van der Waals surface area contributed by atoms with Crippen molar-refractivity contribution in [2.45, 2.75) is 189 Å². The zero-order valence-corrected chi connectivity index (χ0v) is 56.0. The molecular formula is C62H91CoN13O15P+2. The molecule has 2 fully saturated rings. The van der Waals surface area contributed by atoms with Crippen molar-refractivity contribution in [3.63, 3.8) is 0 Å². The van der Waals surface area contributed by atoms with Gasteiger partial charge >= 0.3 is 24.6 Å². The number of allylic oxidation sites excluding steroid dienone is 6. The summed E-state index contributed by atoms with van der Waals surface area (Å²) < 4.78 is 32.3. The van der Waals surface area contributed by atoms with E-state index in [1.807, 2.05) is 80.5 Å². The van der Waals surface area contributed by atoms with Crippen LogP contribution in [0.25, 0.3) is 16.4 Å². The number of nitrogens with one attached hydrogen (secondary N) is 1. The summed E-state index contributed by atoms with van der Waals surface area (Å²) in [6, 6.07) is 2.68. The van der Waals surface area contributed by atoms with Gasteiger partial charge < -0.3 is 74.9 Å². The summed E-state index contributed by atoms with van der Waals surface area (Å²) >= 11 is 0. The van der Waals surface area contributed by atoms with Crippen LogP contribution >= 0.6 is 7.82 Å². The average Bonchev–Trinajstić information content (AvgIpc) is 1.53. The van der Waals surface area contributed by atoms with Crippen molar-refractivity contribution in [1.82, 2.24) is 14.9 Å². The van der Waals surface area contributed by atoms with E-state index in [9.17, 15) is 53.2 Å². The van der Waals surface area contributed by atoms with Crippen LogP contribution in [0.5, 0.6) is 0 Å². The van der Waals surface area contributed by atoms with E-state index in [-0.39, 0.29) is 99.4 Å². The molecule has 5 unspecified atom stereocenters. The number of amides is 7. The molecule has 92 heavy (non-hydrogen) atoms. The molecule has 28 nitrogen and oxygen atoms in total. The summed E-state index contributed by atoms with van der Waals surface area (Å²) in [5.41, 5.74) is 36.8. The second kappa shape index (κ2) is 27.8. The number of hydrogen-bond donors (Lipinski definition) is 10. The van der Waals surface area contributed by atoms with Gasteiger partial charge in [-0.25, -0.2) is 9.55 Å². The molecule has 18 N–H and O–H groups in total. The van der Waals surface area contributed by atoms with Crippen LogP contribution in [0.3, 0.4) is 0 Å². The van der Waals surface area contributed by atoms with E-state index in [1.54, 1.807) is 11.5 Å². The molecular weight excluding hydrogens is 1260 g/mol. The van der Waals surface area contributed by atoms with Crippen LogP contribution < -0.4 is 39.7 Å². The fourth-order valence-electron chi connectivity index (χ4n) is 15.3. The Kier molecular flexibility index (Phi) is 22.5. The summed E-state index contributed by atoms with van der Waals surface area (Å²) in [7, 11) is -5.07. The number of fused-ring (bicyclic) bond motifs is 7. The van der Waals surface area contributed by atoms with E-state index in [0.29, 0.717) is 56.4 Å². The van der Waals surface area contributed by atoms with Crippen LogP contribution in [0, 0.1) is 59.2 Å². The number of aromatic nitrogens is 2. The molecule has 2 aromatic rings. The maximum Gasteiger partial charge on any atom is 3.00 e. The van der Waals surface area contributed by atoms with E-state index >= 15 is 0 Å². The molecule has 1 aromatic carbocycles. The van der Waals surface area contributed by atoms with Crippen LogP contribution in [0.2, 0.25) is 0 Å². The third kappa shape index (κ3) is 14.1. The molecule has 30 heteroatoms. The third-order valence-corrected chi connectivity index (χ3v) is 21.6. The van der Waals surface area contributed by atoms with Gasteiger partial charge in [0.15, 0.2) is 6.23 Å². The first-order valence-electron chi connectivity index (χ1n) is 30.5. The molecule has 8 bridgehead atoms. The summed E-state index contributed by atoms with van der Waals surface area (Å²) in [6.45, 7) is 19.1. The van der Waals surface area contributed by atoms with Crippen LogP contribution in [0.15, 0.2) is 67.8 Å². The molecule has 7 heterocycles. The number of nitrogens with two attached hydrogens (primary N) is 6. The number of rotatable bonds is 26. The minimum Gasteiger partial charge on any atom is -0.682 e. The molecule has 0 saturated carbocycles. The fraction of sp³-hybridized carbons (Fsp3) is 0.629. The van der Waals surface area contributed by atoms with E-state index in [4.69, 9.17) is 68.5 Å². The summed E-state index contributed by atoms with van der Waals surface area (Å²) in [5, 5.41) is 30.2. The summed E-state index contributed by atoms with van der Waals surface area (Å²) in [5.74, 6) is -7.34. The predicted molar refractivity (Wildman–Crippen MR) is 337 cm³/mol. The van der Waals surface area contributed by atoms with Crippen molar-refractivity contribution in [2.24, 2.45) is 94.7 Å². The molecule has 0 radical (unpaired) electrons. The topological polar surface area (TPSA) is 494 Å². The Hall–Kier alpha value is -6.53. The number of aliphatic hydroxyl groups excluding tert-OH is 2. The number of phosphoric acid groups is 1. The zero-order valence-electron chi connectivity index (χ0n) is 54.0. The number of primary amides is 6. The number of ether oxygens (including phenoxy) is 1. The van der Waals surface area contributed by atoms with E-state index in [1.165, 1.54) is 13.3 Å². The van der Waals surface area contributed by atoms with Gasteiger partial charge in [0.05, 0.1) is 41.3 Å². The number of aliphatic imine (C=N–C) groups is 3. The Balaban J connectivity index is 0.00000672. The number of phosphoric ester groups is 1. The standard InChI is InChI=1S/C62H90N13O14P.Co.H2O/c1-29-20-39-40(21-30(29)2)75(28-70-39)57-52(84)53(41(27-76)87-57)89-90(85,86)88-31(3)26-69-49(83)18-19-59(8)37(22-46(66)80)56-62(11)61(10,25-48(68)82)36(14-17-45(65)79)51(74-62)33(5)55-60(9,24-47(67)81)34(12-15-43(63)77)38(71-55)23-42-58(6,7)35(13-16-44(64)78)50(72-42)32(4)54(59)73-56;;/h20-21,23,28,31,34-37,41,52-53,56-57,76,84H,12-19,22,24-27H2,1-11H3,(H15,63,64,65,66,67,68,69,71,72,73,74,77,78,79,80,81,82,83,85,86);;1H2/q;+3;/p-1/t31?,34-,35-,36-,37+,41+,52?,53?,56?,57+,59-,60+,61+,62+;;/m1../s1. The average molecular weight is 1350 g/mol. The molecule has 0 spiro atoms. The van der Waals surface area contributed by atoms with Crippen molar-refractivity contribution in [2.75, 3.05) is 13.2 Å². The van der Waals surface area contributed by atoms with Gasteiger partial charge in [0.1, 0.15) is 18.3 Å². The molecule has 6 aliphatic heterocycles. The smallest absolute Gasteiger partial charge is 0.682 e. The van der Waals surface area contributed by atoms with E-state index < -0.39 is 143 Å². The minimum atomic E-state index is -5.07. The number of imidazole rings is 1. The maximum atomic E-state index is 14.4. The molecule has 6 aliphatic rings. The van der Waals surface area contributed by atoms with Crippen molar-refractivity contribution in [3.8, 4) is 0 Å². The Morgan fingerprint density at radius 1 is 0.783 bits per heavy atom. The molecule has 15 atom stereocenters. The maximum absolute atomic E-state index is 14.4. The first-order chi connectivity index (χ1) is 41.8. The van der Waals surface area contributed by atoms with Crippen LogP contribution in [-0.2, 0) is 68.7 Å².